The highest BCUT2D eigenvalue weighted by molar-refractivity contribution is 7.98. The van der Waals surface area contributed by atoms with E-state index in [2.05, 4.69) is 5.32 Å². The van der Waals surface area contributed by atoms with Crippen LogP contribution in [-0.4, -0.2) is 26.0 Å². The van der Waals surface area contributed by atoms with E-state index in [9.17, 15) is 9.18 Å². The summed E-state index contributed by atoms with van der Waals surface area (Å²) in [4.78, 5) is 12.0. The van der Waals surface area contributed by atoms with Crippen LogP contribution in [0.4, 0.5) is 4.39 Å². The lowest BCUT2D eigenvalue weighted by Gasteiger charge is -2.04. The number of thioether (sulfide) groups is 1. The largest absolute Gasteiger partial charge is 0.444 e. The van der Waals surface area contributed by atoms with Gasteiger partial charge in [-0.15, -0.1) is 0 Å². The van der Waals surface area contributed by atoms with Crippen LogP contribution in [0.3, 0.4) is 0 Å². The maximum atomic E-state index is 12.9. The first kappa shape index (κ1) is 15.6. The molecule has 0 atom stereocenters. The number of hydrogen-bond donors (Lipinski definition) is 1. The van der Waals surface area contributed by atoms with Crippen LogP contribution in [0, 0.1) is 5.82 Å². The SMILES string of the molecule is COCNC(=O)c1oc(SC)cc1Cc1ccc(F)cc1. The summed E-state index contributed by atoms with van der Waals surface area (Å²) in [6, 6.07) is 8.01. The van der Waals surface area contributed by atoms with Gasteiger partial charge in [-0.25, -0.2) is 4.39 Å². The molecule has 0 radical (unpaired) electrons. The van der Waals surface area contributed by atoms with E-state index < -0.39 is 0 Å². The summed E-state index contributed by atoms with van der Waals surface area (Å²) in [5, 5.41) is 3.26. The quantitative estimate of drug-likeness (QED) is 0.658. The van der Waals surface area contributed by atoms with Crippen molar-refractivity contribution in [1.29, 1.82) is 0 Å². The minimum Gasteiger partial charge on any atom is -0.444 e. The van der Waals surface area contributed by atoms with Crippen LogP contribution in [0.5, 0.6) is 0 Å². The molecular weight excluding hydrogens is 293 g/mol. The summed E-state index contributed by atoms with van der Waals surface area (Å²) >= 11 is 1.42. The van der Waals surface area contributed by atoms with Crippen LogP contribution in [0.1, 0.15) is 21.7 Å². The van der Waals surface area contributed by atoms with Crippen molar-refractivity contribution in [1.82, 2.24) is 5.32 Å². The Morgan fingerprint density at radius 1 is 1.38 bits per heavy atom. The molecule has 0 aliphatic carbocycles. The van der Waals surface area contributed by atoms with E-state index in [1.54, 1.807) is 12.1 Å². The van der Waals surface area contributed by atoms with Gasteiger partial charge in [0.2, 0.25) is 0 Å². The average Bonchev–Trinajstić information content (AvgIpc) is 2.90. The number of halogens is 1. The van der Waals surface area contributed by atoms with Crippen molar-refractivity contribution in [3.05, 3.63) is 53.0 Å². The number of furan rings is 1. The zero-order valence-corrected chi connectivity index (χ0v) is 12.6. The molecule has 1 heterocycles. The molecule has 1 amide bonds. The molecule has 1 N–H and O–H groups in total. The van der Waals surface area contributed by atoms with Gasteiger partial charge in [0.1, 0.15) is 12.5 Å². The minimum absolute atomic E-state index is 0.115. The summed E-state index contributed by atoms with van der Waals surface area (Å²) < 4.78 is 23.3. The van der Waals surface area contributed by atoms with Gasteiger partial charge in [0.05, 0.1) is 0 Å². The molecule has 0 fully saturated rings. The summed E-state index contributed by atoms with van der Waals surface area (Å²) in [5.74, 6) is -0.344. The summed E-state index contributed by atoms with van der Waals surface area (Å²) in [6.45, 7) is 0.115. The number of methoxy groups -OCH3 is 1. The Morgan fingerprint density at radius 3 is 2.71 bits per heavy atom. The second-order valence-electron chi connectivity index (χ2n) is 4.37. The molecule has 4 nitrogen and oxygen atoms in total. The molecule has 1 aromatic heterocycles. The third-order valence-corrected chi connectivity index (χ3v) is 3.48. The molecule has 112 valence electrons. The van der Waals surface area contributed by atoms with Gasteiger partial charge in [0.25, 0.3) is 5.91 Å². The molecular formula is C15H16FNO3S. The molecule has 2 aromatic rings. The van der Waals surface area contributed by atoms with E-state index in [-0.39, 0.29) is 24.2 Å². The normalized spacial score (nSPS) is 10.6. The van der Waals surface area contributed by atoms with Gasteiger partial charge in [-0.2, -0.15) is 0 Å². The topological polar surface area (TPSA) is 51.5 Å². The van der Waals surface area contributed by atoms with Crippen molar-refractivity contribution in [2.45, 2.75) is 11.5 Å². The predicted molar refractivity (Wildman–Crippen MR) is 79.0 cm³/mol. The van der Waals surface area contributed by atoms with Crippen LogP contribution in [-0.2, 0) is 11.2 Å². The highest BCUT2D eigenvalue weighted by atomic mass is 32.2. The molecule has 2 rings (SSSR count). The molecule has 0 saturated carbocycles. The number of nitrogens with one attached hydrogen (secondary N) is 1. The maximum absolute atomic E-state index is 12.9. The molecule has 0 unspecified atom stereocenters. The fourth-order valence-electron chi connectivity index (χ4n) is 1.87. The number of carbonyl (C=O) groups is 1. The van der Waals surface area contributed by atoms with Crippen LogP contribution >= 0.6 is 11.8 Å². The van der Waals surface area contributed by atoms with Gasteiger partial charge < -0.3 is 14.5 Å². The molecule has 0 bridgehead atoms. The van der Waals surface area contributed by atoms with Crippen LogP contribution in [0.2, 0.25) is 0 Å². The Hall–Kier alpha value is -1.79. The molecule has 0 aliphatic heterocycles. The average molecular weight is 309 g/mol. The lowest BCUT2D eigenvalue weighted by atomic mass is 10.1. The first-order valence-electron chi connectivity index (χ1n) is 6.32. The highest BCUT2D eigenvalue weighted by Crippen LogP contribution is 2.25. The van der Waals surface area contributed by atoms with Gasteiger partial charge in [-0.05, 0) is 30.0 Å². The third-order valence-electron chi connectivity index (χ3n) is 2.88. The second kappa shape index (κ2) is 7.28. The van der Waals surface area contributed by atoms with Crippen molar-refractivity contribution < 1.29 is 18.3 Å². The van der Waals surface area contributed by atoms with Gasteiger partial charge in [-0.3, -0.25) is 4.79 Å². The van der Waals surface area contributed by atoms with E-state index in [0.717, 1.165) is 11.1 Å². The van der Waals surface area contributed by atoms with E-state index in [4.69, 9.17) is 9.15 Å². The van der Waals surface area contributed by atoms with Gasteiger partial charge in [0, 0.05) is 19.1 Å². The Labute approximate surface area is 126 Å². The predicted octanol–water partition coefficient (Wildman–Crippen LogP) is 3.07. The van der Waals surface area contributed by atoms with E-state index in [1.807, 2.05) is 12.3 Å². The number of amides is 1. The second-order valence-corrected chi connectivity index (χ2v) is 5.18. The Morgan fingerprint density at radius 2 is 2.10 bits per heavy atom. The number of benzene rings is 1. The van der Waals surface area contributed by atoms with Crippen molar-refractivity contribution in [2.75, 3.05) is 20.1 Å². The fraction of sp³-hybridized carbons (Fsp3) is 0.267. The number of rotatable bonds is 6. The zero-order chi connectivity index (χ0) is 15.2. The Bertz CT molecular complexity index is 610. The third kappa shape index (κ3) is 4.09. The molecule has 6 heteroatoms. The molecule has 1 aromatic carbocycles. The summed E-state index contributed by atoms with van der Waals surface area (Å²) in [7, 11) is 1.50. The standard InChI is InChI=1S/C15H16FNO3S/c1-19-9-17-15(18)14-11(8-13(20-14)21-2)7-10-3-5-12(16)6-4-10/h3-6,8H,7,9H2,1-2H3,(H,17,18). The van der Waals surface area contributed by atoms with Crippen LogP contribution in [0.25, 0.3) is 0 Å². The molecule has 0 aliphatic rings. The van der Waals surface area contributed by atoms with Crippen LogP contribution in [0.15, 0.2) is 39.8 Å². The van der Waals surface area contributed by atoms with Gasteiger partial charge in [0.15, 0.2) is 10.9 Å². The fourth-order valence-corrected chi connectivity index (χ4v) is 2.29. The van der Waals surface area contributed by atoms with Gasteiger partial charge >= 0.3 is 0 Å². The summed E-state index contributed by atoms with van der Waals surface area (Å²) in [5.41, 5.74) is 1.67. The van der Waals surface area contributed by atoms with E-state index >= 15 is 0 Å². The zero-order valence-electron chi connectivity index (χ0n) is 11.8. The first-order valence-corrected chi connectivity index (χ1v) is 7.54. The van der Waals surface area contributed by atoms with Crippen molar-refractivity contribution in [3.8, 4) is 0 Å². The number of carbonyl (C=O) groups excluding carboxylic acids is 1. The monoisotopic (exact) mass is 309 g/mol. The summed E-state index contributed by atoms with van der Waals surface area (Å²) in [6.07, 6.45) is 2.37. The van der Waals surface area contributed by atoms with E-state index in [0.29, 0.717) is 11.5 Å². The van der Waals surface area contributed by atoms with E-state index in [1.165, 1.54) is 31.0 Å². The molecule has 0 saturated heterocycles. The molecule has 21 heavy (non-hydrogen) atoms. The van der Waals surface area contributed by atoms with Crippen LogP contribution < -0.4 is 5.32 Å². The lowest BCUT2D eigenvalue weighted by molar-refractivity contribution is 0.0838. The minimum atomic E-state index is -0.325. The number of ether oxygens (including phenoxy) is 1. The van der Waals surface area contributed by atoms with Gasteiger partial charge in [-0.1, -0.05) is 23.9 Å². The number of hydrogen-bond acceptors (Lipinski definition) is 4. The smallest absolute Gasteiger partial charge is 0.289 e. The molecule has 0 spiro atoms. The Kier molecular flexibility index (Phi) is 5.41. The van der Waals surface area contributed by atoms with Crippen molar-refractivity contribution in [2.24, 2.45) is 0 Å². The lowest BCUT2D eigenvalue weighted by Crippen LogP contribution is -2.25. The van der Waals surface area contributed by atoms with Crippen molar-refractivity contribution >= 4 is 17.7 Å². The Balaban J connectivity index is 2.22. The maximum Gasteiger partial charge on any atom is 0.289 e. The van der Waals surface area contributed by atoms with Crippen molar-refractivity contribution in [3.63, 3.8) is 0 Å². The first-order chi connectivity index (χ1) is 10.1. The highest BCUT2D eigenvalue weighted by Gasteiger charge is 2.18.